The van der Waals surface area contributed by atoms with Gasteiger partial charge in [0.15, 0.2) is 35.4 Å². The van der Waals surface area contributed by atoms with Crippen molar-refractivity contribution in [2.24, 2.45) is 0 Å². The summed E-state index contributed by atoms with van der Waals surface area (Å²) in [5.41, 5.74) is 11.9. The van der Waals surface area contributed by atoms with Crippen LogP contribution in [0, 0.1) is 0 Å². The van der Waals surface area contributed by atoms with Gasteiger partial charge in [0.2, 0.25) is 0 Å². The Bertz CT molecular complexity index is 2040. The fourth-order valence-electron chi connectivity index (χ4n) is 5.11. The number of anilines is 2. The summed E-state index contributed by atoms with van der Waals surface area (Å²) in [6.45, 7) is -2.22. The molecular formula is C20H28N10O19P4. The number of nitrogen functional groups attached to an aromatic ring is 2. The molecule has 29 nitrogen and oxygen atoms in total. The minimum absolute atomic E-state index is 0.0142. The van der Waals surface area contributed by atoms with Gasteiger partial charge in [-0.2, -0.15) is 12.9 Å². The van der Waals surface area contributed by atoms with Crippen molar-refractivity contribution in [3.63, 3.8) is 0 Å². The van der Waals surface area contributed by atoms with Crippen LogP contribution in [-0.4, -0.2) is 129 Å². The molecule has 0 aromatic carbocycles. The Labute approximate surface area is 293 Å². The molecule has 0 spiro atoms. The molecule has 12 atom stereocenters. The first kappa shape index (κ1) is 39.7. The minimum Gasteiger partial charge on any atom is -0.387 e. The predicted molar refractivity (Wildman–Crippen MR) is 166 cm³/mol. The highest BCUT2D eigenvalue weighted by molar-refractivity contribution is 7.69. The van der Waals surface area contributed by atoms with Crippen molar-refractivity contribution in [2.45, 2.75) is 49.1 Å². The van der Waals surface area contributed by atoms with Gasteiger partial charge in [-0.1, -0.05) is 0 Å². The molecule has 2 aliphatic heterocycles. The third-order valence-electron chi connectivity index (χ3n) is 7.42. The van der Waals surface area contributed by atoms with Gasteiger partial charge in [-0.05, 0) is 0 Å². The number of nitrogens with zero attached hydrogens (tertiary/aromatic N) is 8. The number of aliphatic hydroxyl groups excluding tert-OH is 4. The van der Waals surface area contributed by atoms with Crippen molar-refractivity contribution in [3.8, 4) is 0 Å². The molecule has 53 heavy (non-hydrogen) atoms. The fraction of sp³-hybridized carbons (Fsp3) is 0.500. The molecule has 2 aliphatic rings. The summed E-state index contributed by atoms with van der Waals surface area (Å²) in [6, 6.07) is 0. The second-order valence-corrected chi connectivity index (χ2v) is 17.2. The lowest BCUT2D eigenvalue weighted by Gasteiger charge is -2.21. The average Bonchev–Trinajstić information content (AvgIpc) is 3.80. The molecular weight excluding hydrogens is 808 g/mol. The minimum atomic E-state index is -6.19. The molecule has 2 saturated heterocycles. The number of phosphoric acid groups is 4. The van der Waals surface area contributed by atoms with Crippen LogP contribution in [0.2, 0.25) is 0 Å². The highest BCUT2D eigenvalue weighted by Crippen LogP contribution is 2.71. The summed E-state index contributed by atoms with van der Waals surface area (Å²) in [5, 5.41) is 41.8. The van der Waals surface area contributed by atoms with Crippen LogP contribution >= 0.6 is 31.3 Å². The summed E-state index contributed by atoms with van der Waals surface area (Å²) in [7, 11) is -23.9. The zero-order valence-corrected chi connectivity index (χ0v) is 29.5. The molecule has 33 heteroatoms. The van der Waals surface area contributed by atoms with E-state index >= 15 is 0 Å². The zero-order chi connectivity index (χ0) is 38.7. The Morgan fingerprint density at radius 3 is 1.32 bits per heavy atom. The van der Waals surface area contributed by atoms with Crippen LogP contribution in [0.5, 0.6) is 0 Å². The summed E-state index contributed by atoms with van der Waals surface area (Å²) in [5.74, 6) is -0.0284. The Morgan fingerprint density at radius 1 is 0.585 bits per heavy atom. The van der Waals surface area contributed by atoms with E-state index in [0.29, 0.717) is 0 Å². The largest absolute Gasteiger partial charge is 0.490 e. The maximum Gasteiger partial charge on any atom is 0.490 e. The van der Waals surface area contributed by atoms with E-state index in [1.807, 2.05) is 0 Å². The number of hydrogen-bond donors (Lipinski definition) is 10. The monoisotopic (exact) mass is 836 g/mol. The van der Waals surface area contributed by atoms with Gasteiger partial charge >= 0.3 is 31.3 Å². The van der Waals surface area contributed by atoms with Gasteiger partial charge in [0.05, 0.1) is 25.9 Å². The highest BCUT2D eigenvalue weighted by Gasteiger charge is 2.50. The first-order valence-corrected chi connectivity index (χ1v) is 20.3. The second kappa shape index (κ2) is 14.6. The van der Waals surface area contributed by atoms with E-state index < -0.39 is 93.6 Å². The SMILES string of the molecule is Nc1ncnc2c1ncn2[C@@H]1O[C@@H](COP(=O)(O)OP(=O)(O)OP(=O)(O)OP(=O)(O)OC[C@@H]2O[C@@H](n3cnc4c(N)ncnc43)[C@@H](O)[C@H]2O)[C@H](O)[C@@H]1O. The van der Waals surface area contributed by atoms with Crippen LogP contribution in [-0.2, 0) is 49.7 Å². The molecule has 4 aromatic heterocycles. The Balaban J connectivity index is 1.01. The smallest absolute Gasteiger partial charge is 0.387 e. The number of hydrogen-bond acceptors (Lipinski definition) is 23. The first-order valence-electron chi connectivity index (χ1n) is 14.3. The van der Waals surface area contributed by atoms with E-state index in [9.17, 15) is 58.3 Å². The van der Waals surface area contributed by atoms with Crippen LogP contribution in [0.3, 0.4) is 0 Å². The van der Waals surface area contributed by atoms with E-state index in [-0.39, 0.29) is 34.0 Å². The van der Waals surface area contributed by atoms with Crippen molar-refractivity contribution < 1.29 is 89.7 Å². The van der Waals surface area contributed by atoms with Crippen LogP contribution < -0.4 is 11.5 Å². The molecule has 4 unspecified atom stereocenters. The third-order valence-corrected chi connectivity index (χ3v) is 13.3. The first-order chi connectivity index (χ1) is 24.7. The lowest BCUT2D eigenvalue weighted by Crippen LogP contribution is -2.33. The van der Waals surface area contributed by atoms with E-state index in [2.05, 4.69) is 51.9 Å². The van der Waals surface area contributed by atoms with Gasteiger partial charge in [0.1, 0.15) is 60.3 Å². The Morgan fingerprint density at radius 2 is 0.943 bits per heavy atom. The van der Waals surface area contributed by atoms with Gasteiger partial charge in [0, 0.05) is 0 Å². The number of aliphatic hydroxyl groups is 4. The van der Waals surface area contributed by atoms with Crippen LogP contribution in [0.1, 0.15) is 12.5 Å². The van der Waals surface area contributed by atoms with Gasteiger partial charge in [-0.15, -0.1) is 0 Å². The molecule has 6 rings (SSSR count). The van der Waals surface area contributed by atoms with E-state index in [1.54, 1.807) is 0 Å². The molecule has 4 aromatic rings. The topological polar surface area (TPSA) is 434 Å². The molecule has 6 heterocycles. The maximum absolute atomic E-state index is 12.4. The van der Waals surface area contributed by atoms with E-state index in [1.165, 1.54) is 0 Å². The number of imidazole rings is 2. The molecule has 292 valence electrons. The highest BCUT2D eigenvalue weighted by atomic mass is 31.3. The Hall–Kier alpha value is -2.98. The van der Waals surface area contributed by atoms with Gasteiger partial charge in [-0.3, -0.25) is 18.2 Å². The quantitative estimate of drug-likeness (QED) is 0.0589. The van der Waals surface area contributed by atoms with Gasteiger partial charge in [0.25, 0.3) is 0 Å². The normalized spacial score (nSPS) is 30.9. The van der Waals surface area contributed by atoms with Crippen LogP contribution in [0.15, 0.2) is 25.3 Å². The lowest BCUT2D eigenvalue weighted by atomic mass is 10.1. The standard InChI is InChI=1S/C20H28N10O19P4/c21-15-9-17(25-3-23-15)29(5-27-9)19-13(33)11(31)7(45-19)1-43-50(35,36)47-52(39,40)49-53(41,42)48-51(37,38)44-2-8-12(32)14(34)20(46-8)30-6-28-10-16(22)24-4-26-18(10)30/h3-8,11-14,19-20,31-34H,1-2H2,(H,35,36)(H,37,38)(H,39,40)(H,41,42)(H2,21,23,25)(H2,22,24,26)/t7-,8-,11-,12-,13-,14-,19+,20+/m0/s1. The molecule has 0 amide bonds. The van der Waals surface area contributed by atoms with Crippen molar-refractivity contribution >= 4 is 65.3 Å². The predicted octanol–water partition coefficient (Wildman–Crippen LogP) is -2.45. The fourth-order valence-corrected chi connectivity index (χ4v) is 10.1. The molecule has 0 radical (unpaired) electrons. The molecule has 0 bridgehead atoms. The Kier molecular flexibility index (Phi) is 10.9. The number of rotatable bonds is 14. The molecule has 0 saturated carbocycles. The van der Waals surface area contributed by atoms with Crippen LogP contribution in [0.25, 0.3) is 22.3 Å². The van der Waals surface area contributed by atoms with Gasteiger partial charge < -0.3 is 60.9 Å². The zero-order valence-electron chi connectivity index (χ0n) is 25.9. The summed E-state index contributed by atoms with van der Waals surface area (Å²) < 4.78 is 83.4. The number of phosphoric ester groups is 2. The number of ether oxygens (including phenoxy) is 2. The third kappa shape index (κ3) is 8.48. The summed E-state index contributed by atoms with van der Waals surface area (Å²) in [6.07, 6.45) is -8.58. The van der Waals surface area contributed by atoms with E-state index in [0.717, 1.165) is 34.4 Å². The van der Waals surface area contributed by atoms with Gasteiger partial charge in [-0.25, -0.2) is 48.2 Å². The lowest BCUT2D eigenvalue weighted by molar-refractivity contribution is -0.0505. The summed E-state index contributed by atoms with van der Waals surface area (Å²) >= 11 is 0. The van der Waals surface area contributed by atoms with Crippen LogP contribution in [0.4, 0.5) is 11.6 Å². The maximum atomic E-state index is 12.4. The van der Waals surface area contributed by atoms with Crippen molar-refractivity contribution in [2.75, 3.05) is 24.7 Å². The number of nitrogens with two attached hydrogens (primary N) is 2. The molecule has 0 aliphatic carbocycles. The average molecular weight is 836 g/mol. The number of aromatic nitrogens is 8. The van der Waals surface area contributed by atoms with Crippen molar-refractivity contribution in [3.05, 3.63) is 25.3 Å². The second-order valence-electron chi connectivity index (χ2n) is 11.0. The molecule has 12 N–H and O–H groups in total. The van der Waals surface area contributed by atoms with E-state index in [4.69, 9.17) is 20.9 Å². The van der Waals surface area contributed by atoms with Crippen molar-refractivity contribution in [1.82, 2.24) is 39.0 Å². The molecule has 2 fully saturated rings. The number of fused-ring (bicyclic) bond motifs is 2. The van der Waals surface area contributed by atoms with Crippen molar-refractivity contribution in [1.29, 1.82) is 0 Å². The summed E-state index contributed by atoms with van der Waals surface area (Å²) in [4.78, 5) is 63.0.